The van der Waals surface area contributed by atoms with Crippen molar-refractivity contribution in [2.45, 2.75) is 31.7 Å². The first-order chi connectivity index (χ1) is 10.9. The Labute approximate surface area is 130 Å². The highest BCUT2D eigenvalue weighted by Crippen LogP contribution is 2.23. The number of hydrogen-bond donors (Lipinski definition) is 2. The summed E-state index contributed by atoms with van der Waals surface area (Å²) in [6.07, 6.45) is 8.63. The first-order valence-electron chi connectivity index (χ1n) is 8.01. The summed E-state index contributed by atoms with van der Waals surface area (Å²) in [6.45, 7) is 1.00. The van der Waals surface area contributed by atoms with Crippen LogP contribution in [0.5, 0.6) is 0 Å². The lowest BCUT2D eigenvalue weighted by molar-refractivity contribution is 0.341. The number of hydrogen-bond acceptors (Lipinski definition) is 3. The predicted molar refractivity (Wildman–Crippen MR) is 88.7 cm³/mol. The summed E-state index contributed by atoms with van der Waals surface area (Å²) < 4.78 is 0. The smallest absolute Gasteiger partial charge is 0.108 e. The molecule has 0 aliphatic heterocycles. The zero-order valence-corrected chi connectivity index (χ0v) is 12.5. The maximum absolute atomic E-state index is 4.73. The third-order valence-electron chi connectivity index (χ3n) is 4.45. The average Bonchev–Trinajstić information content (AvgIpc) is 2.92. The number of nitrogens with zero attached hydrogens (tertiary/aromatic N) is 2. The number of aromatic nitrogens is 3. The third-order valence-corrected chi connectivity index (χ3v) is 4.45. The van der Waals surface area contributed by atoms with Gasteiger partial charge in [-0.25, -0.2) is 4.98 Å². The number of fused-ring (bicyclic) bond motifs is 1. The Bertz CT molecular complexity index is 759. The maximum atomic E-state index is 4.73. The van der Waals surface area contributed by atoms with Crippen LogP contribution in [-0.2, 0) is 6.42 Å². The molecular weight excluding hydrogens is 272 g/mol. The molecule has 4 rings (SSSR count). The van der Waals surface area contributed by atoms with Crippen molar-refractivity contribution in [3.63, 3.8) is 0 Å². The Kier molecular flexibility index (Phi) is 3.60. The monoisotopic (exact) mass is 292 g/mol. The molecule has 0 spiro atoms. The van der Waals surface area contributed by atoms with E-state index in [0.717, 1.165) is 35.9 Å². The molecule has 1 fully saturated rings. The molecule has 0 atom stereocenters. The topological polar surface area (TPSA) is 53.6 Å². The molecule has 1 aliphatic rings. The van der Waals surface area contributed by atoms with Crippen molar-refractivity contribution in [2.24, 2.45) is 0 Å². The lowest BCUT2D eigenvalue weighted by Crippen LogP contribution is -2.36. The number of imidazole rings is 1. The molecule has 0 amide bonds. The summed E-state index contributed by atoms with van der Waals surface area (Å²) in [5.74, 6) is 1.06. The summed E-state index contributed by atoms with van der Waals surface area (Å²) in [4.78, 5) is 12.2. The van der Waals surface area contributed by atoms with Gasteiger partial charge in [-0.15, -0.1) is 0 Å². The summed E-state index contributed by atoms with van der Waals surface area (Å²) in [5, 5.41) is 3.58. The lowest BCUT2D eigenvalue weighted by Gasteiger charge is -2.26. The number of aromatic amines is 1. The molecule has 0 unspecified atom stereocenters. The molecule has 0 saturated heterocycles. The van der Waals surface area contributed by atoms with Crippen LogP contribution in [0, 0.1) is 0 Å². The van der Waals surface area contributed by atoms with E-state index in [-0.39, 0.29) is 0 Å². The van der Waals surface area contributed by atoms with Crippen LogP contribution in [0.4, 0.5) is 0 Å². The first kappa shape index (κ1) is 13.5. The molecule has 1 saturated carbocycles. The van der Waals surface area contributed by atoms with Gasteiger partial charge < -0.3 is 10.3 Å². The largest absolute Gasteiger partial charge is 0.342 e. The lowest BCUT2D eigenvalue weighted by atomic mass is 9.93. The molecule has 4 nitrogen and oxygen atoms in total. The Balaban J connectivity index is 1.50. The second-order valence-electron chi connectivity index (χ2n) is 5.98. The van der Waals surface area contributed by atoms with Gasteiger partial charge in [0.25, 0.3) is 0 Å². The summed E-state index contributed by atoms with van der Waals surface area (Å²) in [6, 6.07) is 11.2. The van der Waals surface area contributed by atoms with E-state index in [1.54, 1.807) is 0 Å². The molecule has 112 valence electrons. The van der Waals surface area contributed by atoms with Crippen molar-refractivity contribution in [3.8, 4) is 11.1 Å². The second kappa shape index (κ2) is 5.89. The van der Waals surface area contributed by atoms with Crippen LogP contribution in [0.15, 0.2) is 42.7 Å². The van der Waals surface area contributed by atoms with Crippen LogP contribution in [0.1, 0.15) is 25.1 Å². The number of rotatable bonds is 5. The normalized spacial score (nSPS) is 15.1. The molecule has 1 aromatic carbocycles. The first-order valence-corrected chi connectivity index (χ1v) is 8.01. The molecule has 0 bridgehead atoms. The highest BCUT2D eigenvalue weighted by molar-refractivity contribution is 5.81. The van der Waals surface area contributed by atoms with E-state index in [1.165, 1.54) is 30.4 Å². The van der Waals surface area contributed by atoms with E-state index in [1.807, 2.05) is 24.5 Å². The molecule has 2 aromatic heterocycles. The Morgan fingerprint density at radius 2 is 1.95 bits per heavy atom. The zero-order valence-electron chi connectivity index (χ0n) is 12.5. The molecule has 0 radical (unpaired) electrons. The van der Waals surface area contributed by atoms with Crippen molar-refractivity contribution in [3.05, 3.63) is 48.5 Å². The average molecular weight is 292 g/mol. The summed E-state index contributed by atoms with van der Waals surface area (Å²) >= 11 is 0. The van der Waals surface area contributed by atoms with Gasteiger partial charge in [0.05, 0.1) is 11.0 Å². The van der Waals surface area contributed by atoms with Crippen LogP contribution < -0.4 is 5.32 Å². The van der Waals surface area contributed by atoms with E-state index in [2.05, 4.69) is 33.5 Å². The van der Waals surface area contributed by atoms with Gasteiger partial charge in [-0.05, 0) is 48.2 Å². The van der Waals surface area contributed by atoms with Crippen LogP contribution in [0.25, 0.3) is 22.2 Å². The quantitative estimate of drug-likeness (QED) is 0.758. The molecule has 3 aromatic rings. The Morgan fingerprint density at radius 1 is 1.09 bits per heavy atom. The van der Waals surface area contributed by atoms with Gasteiger partial charge in [-0.3, -0.25) is 4.98 Å². The number of nitrogens with one attached hydrogen (secondary N) is 2. The molecule has 22 heavy (non-hydrogen) atoms. The van der Waals surface area contributed by atoms with Gasteiger partial charge in [-0.1, -0.05) is 12.5 Å². The van der Waals surface area contributed by atoms with Crippen LogP contribution in [0.2, 0.25) is 0 Å². The van der Waals surface area contributed by atoms with E-state index < -0.39 is 0 Å². The van der Waals surface area contributed by atoms with E-state index in [0.29, 0.717) is 0 Å². The summed E-state index contributed by atoms with van der Waals surface area (Å²) in [5.41, 5.74) is 4.50. The van der Waals surface area contributed by atoms with Gasteiger partial charge in [0.2, 0.25) is 0 Å². The highest BCUT2D eigenvalue weighted by Gasteiger charge is 2.16. The molecular formula is C18H20N4. The fourth-order valence-electron chi connectivity index (χ4n) is 2.91. The van der Waals surface area contributed by atoms with Crippen molar-refractivity contribution < 1.29 is 0 Å². The predicted octanol–water partition coefficient (Wildman–Crippen LogP) is 3.31. The minimum absolute atomic E-state index is 0.739. The Morgan fingerprint density at radius 3 is 2.73 bits per heavy atom. The van der Waals surface area contributed by atoms with Crippen molar-refractivity contribution in [1.29, 1.82) is 0 Å². The van der Waals surface area contributed by atoms with Gasteiger partial charge in [0, 0.05) is 31.4 Å². The minimum atomic E-state index is 0.739. The van der Waals surface area contributed by atoms with Crippen molar-refractivity contribution in [1.82, 2.24) is 20.3 Å². The molecule has 2 heterocycles. The molecule has 4 heteroatoms. The highest BCUT2D eigenvalue weighted by atomic mass is 15.0. The van der Waals surface area contributed by atoms with Crippen molar-refractivity contribution in [2.75, 3.05) is 6.54 Å². The fourth-order valence-corrected chi connectivity index (χ4v) is 2.91. The van der Waals surface area contributed by atoms with Crippen LogP contribution >= 0.6 is 0 Å². The van der Waals surface area contributed by atoms with E-state index in [9.17, 15) is 0 Å². The molecule has 2 N–H and O–H groups in total. The second-order valence-corrected chi connectivity index (χ2v) is 5.98. The summed E-state index contributed by atoms with van der Waals surface area (Å²) in [7, 11) is 0. The fraction of sp³-hybridized carbons (Fsp3) is 0.333. The van der Waals surface area contributed by atoms with E-state index >= 15 is 0 Å². The van der Waals surface area contributed by atoms with Crippen molar-refractivity contribution >= 4 is 11.0 Å². The third kappa shape index (κ3) is 2.74. The van der Waals surface area contributed by atoms with Crippen LogP contribution in [-0.4, -0.2) is 27.5 Å². The van der Waals surface area contributed by atoms with Crippen LogP contribution in [0.3, 0.4) is 0 Å². The van der Waals surface area contributed by atoms with Gasteiger partial charge in [0.1, 0.15) is 5.82 Å². The van der Waals surface area contributed by atoms with Gasteiger partial charge in [0.15, 0.2) is 0 Å². The van der Waals surface area contributed by atoms with Gasteiger partial charge in [-0.2, -0.15) is 0 Å². The number of H-pyrrole nitrogens is 1. The minimum Gasteiger partial charge on any atom is -0.342 e. The number of pyridine rings is 1. The standard InChI is InChI=1S/C18H20N4/c1-2-15(3-1)20-11-8-18-21-16-5-4-14(12-17(16)22-18)13-6-9-19-10-7-13/h4-7,9-10,12,15,20H,1-3,8,11H2,(H,21,22). The maximum Gasteiger partial charge on any atom is 0.108 e. The zero-order chi connectivity index (χ0) is 14.8. The molecule has 1 aliphatic carbocycles. The SMILES string of the molecule is c1cc(-c2ccc3[nH]c(CCNC4CCC4)nc3c2)ccn1. The Hall–Kier alpha value is -2.20. The number of benzene rings is 1. The van der Waals surface area contributed by atoms with E-state index in [4.69, 9.17) is 4.98 Å². The van der Waals surface area contributed by atoms with Gasteiger partial charge >= 0.3 is 0 Å².